The number of anilines is 2. The smallest absolute Gasteiger partial charge is 0.351 e. The molecule has 2 aliphatic rings. The highest BCUT2D eigenvalue weighted by Gasteiger charge is 2.42. The van der Waals surface area contributed by atoms with Crippen molar-refractivity contribution in [1.82, 2.24) is 20.4 Å². The van der Waals surface area contributed by atoms with E-state index in [1.165, 1.54) is 23.1 Å². The average molecular weight is 490 g/mol. The number of carbonyl (C=O) groups excluding carboxylic acids is 3. The maximum atomic E-state index is 13.4. The molecule has 0 radical (unpaired) electrons. The van der Waals surface area contributed by atoms with Crippen LogP contribution in [0.1, 0.15) is 52.6 Å². The summed E-state index contributed by atoms with van der Waals surface area (Å²) in [5.74, 6) is -1.29. The second-order valence-electron chi connectivity index (χ2n) is 8.42. The number of unbranched alkanes of at least 4 members (excludes halogenated alkanes) is 2. The Bertz CT molecular complexity index is 1140. The molecule has 9 nitrogen and oxygen atoms in total. The van der Waals surface area contributed by atoms with E-state index in [0.717, 1.165) is 31.4 Å². The fraction of sp³-hybridized carbons (Fsp3) is 0.435. The first kappa shape index (κ1) is 24.4. The van der Waals surface area contributed by atoms with Crippen molar-refractivity contribution < 1.29 is 27.6 Å². The van der Waals surface area contributed by atoms with E-state index in [1.807, 2.05) is 0 Å². The summed E-state index contributed by atoms with van der Waals surface area (Å²) in [5, 5.41) is 13.6. The van der Waals surface area contributed by atoms with E-state index in [2.05, 4.69) is 27.8 Å². The second-order valence-corrected chi connectivity index (χ2v) is 8.42. The molecular weight excluding hydrogens is 465 g/mol. The van der Waals surface area contributed by atoms with Gasteiger partial charge in [-0.2, -0.15) is 13.2 Å². The highest BCUT2D eigenvalue weighted by atomic mass is 19.4. The van der Waals surface area contributed by atoms with Crippen molar-refractivity contribution in [2.75, 3.05) is 36.4 Å². The molecule has 3 amide bonds. The third-order valence-corrected chi connectivity index (χ3v) is 6.04. The van der Waals surface area contributed by atoms with Crippen LogP contribution in [0.5, 0.6) is 0 Å². The monoisotopic (exact) mass is 490 g/mol. The third-order valence-electron chi connectivity index (χ3n) is 6.04. The van der Waals surface area contributed by atoms with Crippen molar-refractivity contribution >= 4 is 29.2 Å². The molecule has 1 unspecified atom stereocenters. The number of piperazine rings is 1. The van der Waals surface area contributed by atoms with Gasteiger partial charge >= 0.3 is 6.18 Å². The Hall–Kier alpha value is -3.70. The molecule has 0 spiro atoms. The normalized spacial score (nSPS) is 17.4. The fourth-order valence-electron chi connectivity index (χ4n) is 4.22. The molecule has 0 saturated carbocycles. The van der Waals surface area contributed by atoms with E-state index in [1.54, 1.807) is 4.90 Å². The quantitative estimate of drug-likeness (QED) is 0.603. The molecule has 1 saturated heterocycles. The summed E-state index contributed by atoms with van der Waals surface area (Å²) in [4.78, 5) is 41.0. The van der Waals surface area contributed by atoms with Crippen LogP contribution in [0.15, 0.2) is 30.3 Å². The van der Waals surface area contributed by atoms with E-state index >= 15 is 0 Å². The standard InChI is InChI=1S/C23H25F3N6O3/c1-2-3-6-9-27-20(33)17-12-16-19(30-29-17)32-11-10-31(13-18(32)21(34)28-16)22(35)14-7-4-5-8-15(14)23(24,25)26/h4-5,7-8,12,18H,2-3,6,9-11,13H2,1H3,(H,27,33)(H,28,34). The van der Waals surface area contributed by atoms with Crippen LogP contribution < -0.4 is 15.5 Å². The summed E-state index contributed by atoms with van der Waals surface area (Å²) in [5.41, 5.74) is -1.09. The van der Waals surface area contributed by atoms with Gasteiger partial charge in [-0.25, -0.2) is 0 Å². The molecule has 4 rings (SSSR count). The summed E-state index contributed by atoms with van der Waals surface area (Å²) in [6.07, 6.45) is -1.82. The van der Waals surface area contributed by atoms with Crippen LogP contribution in [0, 0.1) is 0 Å². The Balaban J connectivity index is 1.49. The average Bonchev–Trinajstić information content (AvgIpc) is 2.85. The Labute approximate surface area is 199 Å². The van der Waals surface area contributed by atoms with Crippen molar-refractivity contribution in [3.8, 4) is 0 Å². The van der Waals surface area contributed by atoms with Crippen molar-refractivity contribution in [2.45, 2.75) is 38.4 Å². The molecule has 12 heteroatoms. The van der Waals surface area contributed by atoms with E-state index in [9.17, 15) is 27.6 Å². The summed E-state index contributed by atoms with van der Waals surface area (Å²) >= 11 is 0. The number of hydrogen-bond acceptors (Lipinski definition) is 6. The zero-order valence-corrected chi connectivity index (χ0v) is 19.1. The number of carbonyl (C=O) groups is 3. The first-order chi connectivity index (χ1) is 16.7. The molecular formula is C23H25F3N6O3. The third kappa shape index (κ3) is 5.05. The molecule has 2 aliphatic heterocycles. The first-order valence-electron chi connectivity index (χ1n) is 11.4. The number of alkyl halides is 3. The van der Waals surface area contributed by atoms with Crippen LogP contribution in [0.2, 0.25) is 0 Å². The van der Waals surface area contributed by atoms with Crippen molar-refractivity contribution in [1.29, 1.82) is 0 Å². The molecule has 186 valence electrons. The number of amides is 3. The second kappa shape index (κ2) is 9.88. The van der Waals surface area contributed by atoms with Gasteiger partial charge in [-0.3, -0.25) is 14.4 Å². The van der Waals surface area contributed by atoms with Crippen molar-refractivity contribution in [2.24, 2.45) is 0 Å². The Morgan fingerprint density at radius 2 is 1.94 bits per heavy atom. The van der Waals surface area contributed by atoms with E-state index in [-0.39, 0.29) is 25.3 Å². The number of rotatable bonds is 6. The van der Waals surface area contributed by atoms with Crippen LogP contribution in [0.25, 0.3) is 0 Å². The summed E-state index contributed by atoms with van der Waals surface area (Å²) in [6, 6.07) is 5.19. The molecule has 2 aromatic rings. The Morgan fingerprint density at radius 3 is 2.69 bits per heavy atom. The predicted molar refractivity (Wildman–Crippen MR) is 121 cm³/mol. The largest absolute Gasteiger partial charge is 0.417 e. The zero-order valence-electron chi connectivity index (χ0n) is 19.1. The van der Waals surface area contributed by atoms with Crippen LogP contribution in [-0.4, -0.2) is 65.0 Å². The van der Waals surface area contributed by atoms with Crippen LogP contribution in [0.4, 0.5) is 24.7 Å². The highest BCUT2D eigenvalue weighted by molar-refractivity contribution is 6.05. The highest BCUT2D eigenvalue weighted by Crippen LogP contribution is 2.34. The number of nitrogens with zero attached hydrogens (tertiary/aromatic N) is 4. The molecule has 3 heterocycles. The van der Waals surface area contributed by atoms with Gasteiger partial charge in [0.15, 0.2) is 11.5 Å². The molecule has 0 aliphatic carbocycles. The van der Waals surface area contributed by atoms with E-state index in [0.29, 0.717) is 18.1 Å². The maximum absolute atomic E-state index is 13.4. The molecule has 1 atom stereocenters. The Morgan fingerprint density at radius 1 is 1.17 bits per heavy atom. The number of fused-ring (bicyclic) bond motifs is 3. The predicted octanol–water partition coefficient (Wildman–Crippen LogP) is 2.70. The molecule has 1 fully saturated rings. The first-order valence-corrected chi connectivity index (χ1v) is 11.4. The molecule has 2 N–H and O–H groups in total. The number of benzene rings is 1. The van der Waals surface area contributed by atoms with Gasteiger partial charge in [0.1, 0.15) is 6.04 Å². The van der Waals surface area contributed by atoms with Gasteiger partial charge in [-0.1, -0.05) is 31.9 Å². The minimum atomic E-state index is -4.68. The fourth-order valence-corrected chi connectivity index (χ4v) is 4.22. The van der Waals surface area contributed by atoms with Gasteiger partial charge in [0.2, 0.25) is 5.91 Å². The van der Waals surface area contributed by atoms with Gasteiger partial charge in [0, 0.05) is 19.6 Å². The lowest BCUT2D eigenvalue weighted by Crippen LogP contribution is -2.61. The zero-order chi connectivity index (χ0) is 25.2. The lowest BCUT2D eigenvalue weighted by Gasteiger charge is -2.44. The summed E-state index contributed by atoms with van der Waals surface area (Å²) < 4.78 is 40.1. The minimum Gasteiger partial charge on any atom is -0.351 e. The van der Waals surface area contributed by atoms with Gasteiger partial charge in [0.05, 0.1) is 23.4 Å². The lowest BCUT2D eigenvalue weighted by atomic mass is 10.0. The Kier molecular flexibility index (Phi) is 6.90. The molecule has 1 aromatic heterocycles. The minimum absolute atomic E-state index is 0.0663. The molecule has 0 bridgehead atoms. The van der Waals surface area contributed by atoms with Crippen molar-refractivity contribution in [3.63, 3.8) is 0 Å². The number of hydrogen-bond donors (Lipinski definition) is 2. The van der Waals surface area contributed by atoms with Crippen LogP contribution in [0.3, 0.4) is 0 Å². The van der Waals surface area contributed by atoms with E-state index in [4.69, 9.17) is 0 Å². The van der Waals surface area contributed by atoms with Gasteiger partial charge in [-0.05, 0) is 24.6 Å². The number of halogens is 3. The van der Waals surface area contributed by atoms with Crippen molar-refractivity contribution in [3.05, 3.63) is 47.2 Å². The van der Waals surface area contributed by atoms with Crippen LogP contribution >= 0.6 is 0 Å². The summed E-state index contributed by atoms with van der Waals surface area (Å²) in [6.45, 7) is 2.71. The van der Waals surface area contributed by atoms with Gasteiger partial charge < -0.3 is 20.4 Å². The van der Waals surface area contributed by atoms with E-state index < -0.39 is 41.1 Å². The van der Waals surface area contributed by atoms with Gasteiger partial charge in [-0.15, -0.1) is 10.2 Å². The van der Waals surface area contributed by atoms with Gasteiger partial charge in [0.25, 0.3) is 11.8 Å². The number of nitrogens with one attached hydrogen (secondary N) is 2. The molecule has 35 heavy (non-hydrogen) atoms. The topological polar surface area (TPSA) is 108 Å². The maximum Gasteiger partial charge on any atom is 0.417 e. The molecule has 1 aromatic carbocycles. The lowest BCUT2D eigenvalue weighted by molar-refractivity contribution is -0.138. The van der Waals surface area contributed by atoms with Crippen LogP contribution in [-0.2, 0) is 11.0 Å². The number of aromatic nitrogens is 2. The SMILES string of the molecule is CCCCCNC(=O)c1cc2c(nn1)N1CCN(C(=O)c3ccccc3C(F)(F)F)CC1C(=O)N2. The summed E-state index contributed by atoms with van der Waals surface area (Å²) in [7, 11) is 0.